The van der Waals surface area contributed by atoms with Gasteiger partial charge in [-0.05, 0) is 37.8 Å². The van der Waals surface area contributed by atoms with Gasteiger partial charge in [0.2, 0.25) is 5.88 Å². The number of aromatic nitrogens is 1. The molecule has 1 aromatic heterocycles. The van der Waals surface area contributed by atoms with Crippen molar-refractivity contribution in [3.63, 3.8) is 0 Å². The molecule has 0 saturated heterocycles. The van der Waals surface area contributed by atoms with Crippen molar-refractivity contribution in [3.05, 3.63) is 23.9 Å². The van der Waals surface area contributed by atoms with Gasteiger partial charge < -0.3 is 15.4 Å². The third-order valence-corrected chi connectivity index (χ3v) is 4.35. The number of nitrogens with zero attached hydrogens (tertiary/aromatic N) is 1. The summed E-state index contributed by atoms with van der Waals surface area (Å²) in [5.41, 5.74) is -1.26. The number of pyridine rings is 1. The van der Waals surface area contributed by atoms with Gasteiger partial charge in [-0.25, -0.2) is 9.78 Å². The second-order valence-electron chi connectivity index (χ2n) is 6.44. The number of urea groups is 1. The Morgan fingerprint density at radius 3 is 2.48 bits per heavy atom. The van der Waals surface area contributed by atoms with E-state index in [0.29, 0.717) is 5.56 Å². The van der Waals surface area contributed by atoms with Crippen LogP contribution in [0.3, 0.4) is 0 Å². The second-order valence-corrected chi connectivity index (χ2v) is 6.44. The fourth-order valence-corrected chi connectivity index (χ4v) is 2.36. The van der Waals surface area contributed by atoms with Crippen molar-refractivity contribution in [2.45, 2.75) is 51.2 Å². The zero-order chi connectivity index (χ0) is 20.3. The molecule has 1 saturated carbocycles. The molecule has 0 aromatic carbocycles. The predicted molar refractivity (Wildman–Crippen MR) is 83.0 cm³/mol. The zero-order valence-corrected chi connectivity index (χ0v) is 14.4. The first-order valence-electron chi connectivity index (χ1n) is 8.20. The molecular formula is C16H19F6N3O2. The molecular weight excluding hydrogens is 380 g/mol. The Labute approximate surface area is 151 Å². The van der Waals surface area contributed by atoms with E-state index in [1.165, 1.54) is 18.3 Å². The number of rotatable bonds is 7. The van der Waals surface area contributed by atoms with E-state index >= 15 is 0 Å². The molecule has 1 aliphatic carbocycles. The average molecular weight is 399 g/mol. The molecule has 1 atom stereocenters. The number of halogens is 6. The molecule has 2 rings (SSSR count). The minimum absolute atomic E-state index is 0.0461. The van der Waals surface area contributed by atoms with Crippen LogP contribution in [0.1, 0.15) is 31.7 Å². The smallest absolute Gasteiger partial charge is 0.425 e. The SMILES string of the molecule is CC(Oc1cc(CNC(=O)NCCC2(C(F)(F)F)CC2)ccn1)C(F)(F)F. The molecule has 1 heterocycles. The van der Waals surface area contributed by atoms with Crippen LogP contribution in [0.25, 0.3) is 0 Å². The van der Waals surface area contributed by atoms with Gasteiger partial charge in [-0.2, -0.15) is 26.3 Å². The highest BCUT2D eigenvalue weighted by Gasteiger charge is 2.62. The van der Waals surface area contributed by atoms with Gasteiger partial charge in [0.25, 0.3) is 0 Å². The largest absolute Gasteiger partial charge is 0.465 e. The third kappa shape index (κ3) is 5.90. The van der Waals surface area contributed by atoms with Crippen LogP contribution in [-0.4, -0.2) is 36.0 Å². The lowest BCUT2D eigenvalue weighted by molar-refractivity contribution is -0.190. The molecule has 1 aliphatic rings. The maximum Gasteiger partial charge on any atom is 0.425 e. The van der Waals surface area contributed by atoms with Crippen LogP contribution >= 0.6 is 0 Å². The summed E-state index contributed by atoms with van der Waals surface area (Å²) in [6.07, 6.45) is -9.68. The number of alkyl halides is 6. The molecule has 11 heteroatoms. The van der Waals surface area contributed by atoms with Crippen molar-refractivity contribution in [1.29, 1.82) is 0 Å². The lowest BCUT2D eigenvalue weighted by Crippen LogP contribution is -2.37. The average Bonchev–Trinajstić information content (AvgIpc) is 3.33. The second kappa shape index (κ2) is 7.81. The van der Waals surface area contributed by atoms with E-state index in [1.807, 2.05) is 0 Å². The van der Waals surface area contributed by atoms with Crippen LogP contribution in [0, 0.1) is 5.41 Å². The maximum atomic E-state index is 12.8. The van der Waals surface area contributed by atoms with E-state index in [2.05, 4.69) is 15.6 Å². The Balaban J connectivity index is 1.76. The van der Waals surface area contributed by atoms with Crippen LogP contribution in [0.5, 0.6) is 5.88 Å². The normalized spacial score (nSPS) is 17.1. The van der Waals surface area contributed by atoms with E-state index in [9.17, 15) is 31.1 Å². The van der Waals surface area contributed by atoms with Gasteiger partial charge in [0.15, 0.2) is 6.10 Å². The van der Waals surface area contributed by atoms with Gasteiger partial charge >= 0.3 is 18.4 Å². The molecule has 27 heavy (non-hydrogen) atoms. The first-order chi connectivity index (χ1) is 12.4. The van der Waals surface area contributed by atoms with Crippen LogP contribution in [-0.2, 0) is 6.54 Å². The first-order valence-corrected chi connectivity index (χ1v) is 8.20. The van der Waals surface area contributed by atoms with Crippen LogP contribution < -0.4 is 15.4 Å². The summed E-state index contributed by atoms with van der Waals surface area (Å²) in [4.78, 5) is 15.3. The van der Waals surface area contributed by atoms with E-state index < -0.39 is 29.9 Å². The molecule has 2 N–H and O–H groups in total. The van der Waals surface area contributed by atoms with E-state index in [-0.39, 0.29) is 38.2 Å². The predicted octanol–water partition coefficient (Wildman–Crippen LogP) is 3.94. The first kappa shape index (κ1) is 21.1. The zero-order valence-electron chi connectivity index (χ0n) is 14.4. The fraction of sp³-hybridized carbons (Fsp3) is 0.625. The highest BCUT2D eigenvalue weighted by Crippen LogP contribution is 2.59. The number of amides is 2. The molecule has 1 fully saturated rings. The summed E-state index contributed by atoms with van der Waals surface area (Å²) in [7, 11) is 0. The maximum absolute atomic E-state index is 12.8. The fourth-order valence-electron chi connectivity index (χ4n) is 2.36. The monoisotopic (exact) mass is 399 g/mol. The molecule has 0 aliphatic heterocycles. The Kier molecular flexibility index (Phi) is 6.10. The molecule has 152 valence electrons. The summed E-state index contributed by atoms with van der Waals surface area (Å²) >= 11 is 0. The molecule has 0 bridgehead atoms. The number of carbonyl (C=O) groups is 1. The van der Waals surface area contributed by atoms with Gasteiger partial charge in [0.1, 0.15) is 0 Å². The van der Waals surface area contributed by atoms with Crippen LogP contribution in [0.4, 0.5) is 31.1 Å². The quantitative estimate of drug-likeness (QED) is 0.683. The molecule has 0 radical (unpaired) electrons. The molecule has 1 unspecified atom stereocenters. The van der Waals surface area contributed by atoms with E-state index in [4.69, 9.17) is 4.74 Å². The minimum Gasteiger partial charge on any atom is -0.465 e. The van der Waals surface area contributed by atoms with Gasteiger partial charge in [0.05, 0.1) is 5.41 Å². The van der Waals surface area contributed by atoms with Gasteiger partial charge in [0, 0.05) is 25.4 Å². The van der Waals surface area contributed by atoms with Crippen LogP contribution in [0.2, 0.25) is 0 Å². The third-order valence-electron chi connectivity index (χ3n) is 4.35. The van der Waals surface area contributed by atoms with Gasteiger partial charge in [-0.15, -0.1) is 0 Å². The number of ether oxygens (including phenoxy) is 1. The highest BCUT2D eigenvalue weighted by atomic mass is 19.4. The van der Waals surface area contributed by atoms with Gasteiger partial charge in [-0.3, -0.25) is 0 Å². The van der Waals surface area contributed by atoms with Crippen molar-refractivity contribution in [1.82, 2.24) is 15.6 Å². The van der Waals surface area contributed by atoms with Crippen molar-refractivity contribution in [3.8, 4) is 5.88 Å². The number of nitrogens with one attached hydrogen (secondary N) is 2. The summed E-state index contributed by atoms with van der Waals surface area (Å²) in [5, 5.41) is 4.76. The summed E-state index contributed by atoms with van der Waals surface area (Å²) in [5.74, 6) is -0.250. The van der Waals surface area contributed by atoms with Gasteiger partial charge in [-0.1, -0.05) is 0 Å². The lowest BCUT2D eigenvalue weighted by Gasteiger charge is -2.19. The van der Waals surface area contributed by atoms with Crippen molar-refractivity contribution >= 4 is 6.03 Å². The van der Waals surface area contributed by atoms with E-state index in [0.717, 1.165) is 6.92 Å². The Morgan fingerprint density at radius 1 is 1.26 bits per heavy atom. The Morgan fingerprint density at radius 2 is 1.93 bits per heavy atom. The highest BCUT2D eigenvalue weighted by molar-refractivity contribution is 5.73. The number of hydrogen-bond donors (Lipinski definition) is 2. The Bertz CT molecular complexity index is 658. The topological polar surface area (TPSA) is 63.2 Å². The summed E-state index contributed by atoms with van der Waals surface area (Å²) in [6, 6.07) is 2.04. The standard InChI is InChI=1S/C16H19F6N3O2/c1-10(15(17,18)19)27-12-8-11(2-6-23-12)9-25-13(26)24-7-5-14(3-4-14)16(20,21)22/h2,6,8,10H,3-5,7,9H2,1H3,(H2,24,25,26). The van der Waals surface area contributed by atoms with Crippen molar-refractivity contribution in [2.75, 3.05) is 6.54 Å². The minimum atomic E-state index is -4.54. The van der Waals surface area contributed by atoms with E-state index in [1.54, 1.807) is 0 Å². The van der Waals surface area contributed by atoms with Crippen molar-refractivity contribution < 1.29 is 35.9 Å². The Hall–Kier alpha value is -2.20. The lowest BCUT2D eigenvalue weighted by atomic mass is 10.0. The summed E-state index contributed by atoms with van der Waals surface area (Å²) < 4.78 is 80.5. The molecule has 1 aromatic rings. The van der Waals surface area contributed by atoms with Crippen molar-refractivity contribution in [2.24, 2.45) is 5.41 Å². The molecule has 0 spiro atoms. The van der Waals surface area contributed by atoms with Crippen LogP contribution in [0.15, 0.2) is 18.3 Å². The number of carbonyl (C=O) groups excluding carboxylic acids is 1. The molecule has 5 nitrogen and oxygen atoms in total. The summed E-state index contributed by atoms with van der Waals surface area (Å²) in [6.45, 7) is 0.669. The molecule has 2 amide bonds. The number of hydrogen-bond acceptors (Lipinski definition) is 3.